The number of hydrogen-bond donors (Lipinski definition) is 1. The molecule has 0 atom stereocenters. The van der Waals surface area contributed by atoms with Crippen LogP contribution in [0.1, 0.15) is 45.1 Å². The number of benzene rings is 1. The highest BCUT2D eigenvalue weighted by Gasteiger charge is 2.44. The van der Waals surface area contributed by atoms with Crippen LogP contribution in [0.5, 0.6) is 5.75 Å². The van der Waals surface area contributed by atoms with E-state index in [-0.39, 0.29) is 5.41 Å². The smallest absolute Gasteiger partial charge is 0.309 e. The van der Waals surface area contributed by atoms with Crippen LogP contribution in [0.25, 0.3) is 0 Å². The molecule has 0 saturated heterocycles. The molecule has 3 heteroatoms. The molecule has 0 bridgehead atoms. The summed E-state index contributed by atoms with van der Waals surface area (Å²) >= 11 is 0. The lowest BCUT2D eigenvalue weighted by atomic mass is 9.63. The van der Waals surface area contributed by atoms with Crippen molar-refractivity contribution in [2.24, 2.45) is 10.8 Å². The van der Waals surface area contributed by atoms with E-state index in [4.69, 9.17) is 4.74 Å². The van der Waals surface area contributed by atoms with E-state index in [1.54, 1.807) is 7.11 Å². The minimum atomic E-state index is -0.657. The van der Waals surface area contributed by atoms with Crippen molar-refractivity contribution < 1.29 is 14.6 Å². The molecule has 0 aliphatic heterocycles. The number of carbonyl (C=O) groups is 1. The first-order valence-corrected chi connectivity index (χ1v) is 7.23. The maximum atomic E-state index is 11.8. The Hall–Kier alpha value is -1.51. The summed E-state index contributed by atoms with van der Waals surface area (Å²) < 4.78 is 5.22. The predicted molar refractivity (Wildman–Crippen MR) is 79.0 cm³/mol. The first-order valence-electron chi connectivity index (χ1n) is 7.23. The molecule has 0 aromatic heterocycles. The van der Waals surface area contributed by atoms with Gasteiger partial charge in [0.05, 0.1) is 12.5 Å². The van der Waals surface area contributed by atoms with Gasteiger partial charge in [-0.15, -0.1) is 0 Å². The summed E-state index contributed by atoms with van der Waals surface area (Å²) in [6, 6.07) is 7.76. The van der Waals surface area contributed by atoms with E-state index < -0.39 is 11.4 Å². The normalized spacial score (nSPS) is 20.4. The molecule has 0 heterocycles. The summed E-state index contributed by atoms with van der Waals surface area (Å²) in [5, 5.41) is 9.72. The summed E-state index contributed by atoms with van der Waals surface area (Å²) in [6.45, 7) is 4.45. The highest BCUT2D eigenvalue weighted by molar-refractivity contribution is 5.75. The largest absolute Gasteiger partial charge is 0.497 e. The third-order valence-electron chi connectivity index (χ3n) is 4.69. The van der Waals surface area contributed by atoms with Gasteiger partial charge >= 0.3 is 5.97 Å². The first-order chi connectivity index (χ1) is 9.37. The fourth-order valence-electron chi connectivity index (χ4n) is 3.04. The Bertz CT molecular complexity index is 481. The number of carboxylic acids is 1. The third kappa shape index (κ3) is 3.14. The minimum absolute atomic E-state index is 0.271. The van der Waals surface area contributed by atoms with Gasteiger partial charge in [0.1, 0.15) is 5.75 Å². The third-order valence-corrected chi connectivity index (χ3v) is 4.69. The maximum absolute atomic E-state index is 11.8. The van der Waals surface area contributed by atoms with Gasteiger partial charge in [0.2, 0.25) is 0 Å². The second-order valence-electron chi connectivity index (χ2n) is 6.78. The van der Waals surface area contributed by atoms with E-state index in [1.165, 1.54) is 0 Å². The van der Waals surface area contributed by atoms with Crippen LogP contribution in [0.15, 0.2) is 24.3 Å². The fourth-order valence-corrected chi connectivity index (χ4v) is 3.04. The average molecular weight is 276 g/mol. The van der Waals surface area contributed by atoms with Gasteiger partial charge in [0.25, 0.3) is 0 Å². The molecular weight excluding hydrogens is 252 g/mol. The second-order valence-corrected chi connectivity index (χ2v) is 6.78. The van der Waals surface area contributed by atoms with Crippen LogP contribution in [0, 0.1) is 10.8 Å². The van der Waals surface area contributed by atoms with Gasteiger partial charge in [-0.3, -0.25) is 4.79 Å². The van der Waals surface area contributed by atoms with Crippen molar-refractivity contribution in [3.8, 4) is 5.75 Å². The Morgan fingerprint density at radius 1 is 1.25 bits per heavy atom. The minimum Gasteiger partial charge on any atom is -0.497 e. The molecule has 110 valence electrons. The van der Waals surface area contributed by atoms with Crippen LogP contribution in [0.4, 0.5) is 0 Å². The molecule has 2 rings (SSSR count). The Morgan fingerprint density at radius 3 is 2.45 bits per heavy atom. The van der Waals surface area contributed by atoms with Crippen LogP contribution in [0.2, 0.25) is 0 Å². The van der Waals surface area contributed by atoms with E-state index >= 15 is 0 Å². The molecule has 1 aliphatic rings. The zero-order valence-electron chi connectivity index (χ0n) is 12.6. The second kappa shape index (κ2) is 5.47. The van der Waals surface area contributed by atoms with Crippen LogP contribution in [0.3, 0.4) is 0 Å². The Balaban J connectivity index is 2.20. The fraction of sp³-hybridized carbons (Fsp3) is 0.588. The number of carboxylic acid groups (broad SMARTS) is 1. The number of rotatable bonds is 4. The van der Waals surface area contributed by atoms with E-state index in [2.05, 4.69) is 13.8 Å². The summed E-state index contributed by atoms with van der Waals surface area (Å²) in [4.78, 5) is 11.8. The number of methoxy groups -OCH3 is 1. The highest BCUT2D eigenvalue weighted by atomic mass is 16.5. The van der Waals surface area contributed by atoms with Gasteiger partial charge < -0.3 is 9.84 Å². The van der Waals surface area contributed by atoms with Crippen molar-refractivity contribution in [1.82, 2.24) is 0 Å². The van der Waals surface area contributed by atoms with Gasteiger partial charge in [-0.25, -0.2) is 0 Å². The number of hydrogen-bond acceptors (Lipinski definition) is 2. The van der Waals surface area contributed by atoms with Gasteiger partial charge in [0.15, 0.2) is 0 Å². The van der Waals surface area contributed by atoms with Crippen molar-refractivity contribution in [1.29, 1.82) is 0 Å². The lowest BCUT2D eigenvalue weighted by molar-refractivity contribution is -0.152. The molecule has 0 unspecified atom stereocenters. The zero-order valence-corrected chi connectivity index (χ0v) is 12.6. The summed E-state index contributed by atoms with van der Waals surface area (Å²) in [5.74, 6) is 0.134. The van der Waals surface area contributed by atoms with E-state index in [0.29, 0.717) is 6.42 Å². The Labute approximate surface area is 121 Å². The topological polar surface area (TPSA) is 46.5 Å². The SMILES string of the molecule is COc1cccc(CC2(C(=O)O)CCC(C)(C)CC2)c1. The molecule has 1 aliphatic carbocycles. The monoisotopic (exact) mass is 276 g/mol. The first kappa shape index (κ1) is 14.9. The standard InChI is InChI=1S/C17H24O3/c1-16(2)7-9-17(10-8-16,15(18)19)12-13-5-4-6-14(11-13)20-3/h4-6,11H,7-10,12H2,1-3H3,(H,18,19). The van der Waals surface area contributed by atoms with Crippen LogP contribution < -0.4 is 4.74 Å². The summed E-state index contributed by atoms with van der Waals surface area (Å²) in [5.41, 5.74) is 0.710. The van der Waals surface area contributed by atoms with Crippen molar-refractivity contribution in [2.75, 3.05) is 7.11 Å². The van der Waals surface area contributed by atoms with E-state index in [0.717, 1.165) is 37.0 Å². The molecule has 0 spiro atoms. The quantitative estimate of drug-likeness (QED) is 0.907. The lowest BCUT2D eigenvalue weighted by Gasteiger charge is -2.41. The van der Waals surface area contributed by atoms with Crippen LogP contribution >= 0.6 is 0 Å². The highest BCUT2D eigenvalue weighted by Crippen LogP contribution is 2.47. The summed E-state index contributed by atoms with van der Waals surface area (Å²) in [7, 11) is 1.63. The molecule has 3 nitrogen and oxygen atoms in total. The maximum Gasteiger partial charge on any atom is 0.309 e. The van der Waals surface area contributed by atoms with Crippen LogP contribution in [-0.4, -0.2) is 18.2 Å². The van der Waals surface area contributed by atoms with Crippen LogP contribution in [-0.2, 0) is 11.2 Å². The molecule has 1 fully saturated rings. The molecule has 20 heavy (non-hydrogen) atoms. The zero-order chi connectivity index (χ0) is 14.8. The molecule has 1 saturated carbocycles. The van der Waals surface area contributed by atoms with Crippen molar-refractivity contribution in [3.05, 3.63) is 29.8 Å². The van der Waals surface area contributed by atoms with Crippen molar-refractivity contribution in [2.45, 2.75) is 46.0 Å². The van der Waals surface area contributed by atoms with E-state index in [1.807, 2.05) is 24.3 Å². The number of aliphatic carboxylic acids is 1. The summed E-state index contributed by atoms with van der Waals surface area (Å²) in [6.07, 6.45) is 4.06. The predicted octanol–water partition coefficient (Wildman–Crippen LogP) is 3.91. The Morgan fingerprint density at radius 2 is 1.90 bits per heavy atom. The molecule has 1 aromatic carbocycles. The molecule has 1 aromatic rings. The van der Waals surface area contributed by atoms with E-state index in [9.17, 15) is 9.90 Å². The van der Waals surface area contributed by atoms with Crippen molar-refractivity contribution >= 4 is 5.97 Å². The van der Waals surface area contributed by atoms with Gasteiger partial charge in [-0.2, -0.15) is 0 Å². The molecule has 0 radical (unpaired) electrons. The average Bonchev–Trinajstić information content (AvgIpc) is 2.41. The molecule has 1 N–H and O–H groups in total. The number of ether oxygens (including phenoxy) is 1. The van der Waals surface area contributed by atoms with Gasteiger partial charge in [-0.1, -0.05) is 26.0 Å². The van der Waals surface area contributed by atoms with Gasteiger partial charge in [0, 0.05) is 0 Å². The molecular formula is C17H24O3. The molecule has 0 amide bonds. The van der Waals surface area contributed by atoms with Crippen molar-refractivity contribution in [3.63, 3.8) is 0 Å². The lowest BCUT2D eigenvalue weighted by Crippen LogP contribution is -2.39. The Kier molecular flexibility index (Phi) is 4.07. The van der Waals surface area contributed by atoms with Gasteiger partial charge in [-0.05, 0) is 55.2 Å².